The number of anilines is 4. The summed E-state index contributed by atoms with van der Waals surface area (Å²) >= 11 is 1.37. The molecule has 4 aromatic rings. The number of nitrogens with two attached hydrogens (primary N) is 1. The van der Waals surface area contributed by atoms with Crippen LogP contribution in [0.1, 0.15) is 12.8 Å². The standard InChI is InChI=1S/C24H25N9O3S/c25-20(34)16-7-4-8-33(16)23-27-18(13-19(29-23)32-9-11-35-12-10-32)28-24-26-14-17(37-24)22-31-30-21(36-22)15-5-2-1-3-6-15/h1-3,5-6,13-14,16H,4,7-12H2,(H2,25,34)(H,26,27,28,29). The summed E-state index contributed by atoms with van der Waals surface area (Å²) in [7, 11) is 0. The van der Waals surface area contributed by atoms with Crippen LogP contribution < -0.4 is 20.9 Å². The Morgan fingerprint density at radius 1 is 1.08 bits per heavy atom. The summed E-state index contributed by atoms with van der Waals surface area (Å²) in [5, 5.41) is 12.2. The number of nitrogens with zero attached hydrogens (tertiary/aromatic N) is 7. The van der Waals surface area contributed by atoms with E-state index in [1.807, 2.05) is 41.3 Å². The van der Waals surface area contributed by atoms with Gasteiger partial charge in [-0.25, -0.2) is 4.98 Å². The lowest BCUT2D eigenvalue weighted by Gasteiger charge is -2.29. The normalized spacial score (nSPS) is 17.8. The van der Waals surface area contributed by atoms with Crippen molar-refractivity contribution < 1.29 is 13.9 Å². The molecule has 0 aliphatic carbocycles. The third kappa shape index (κ3) is 4.95. The number of amides is 1. The molecule has 37 heavy (non-hydrogen) atoms. The lowest BCUT2D eigenvalue weighted by atomic mass is 10.2. The second-order valence-electron chi connectivity index (χ2n) is 8.70. The molecule has 3 N–H and O–H groups in total. The van der Waals surface area contributed by atoms with Crippen LogP contribution in [-0.2, 0) is 9.53 Å². The van der Waals surface area contributed by atoms with Crippen LogP contribution in [0.3, 0.4) is 0 Å². The third-order valence-electron chi connectivity index (χ3n) is 6.27. The summed E-state index contributed by atoms with van der Waals surface area (Å²) in [6, 6.07) is 11.1. The number of carbonyl (C=O) groups excluding carboxylic acids is 1. The maximum atomic E-state index is 12.0. The van der Waals surface area contributed by atoms with E-state index in [9.17, 15) is 4.79 Å². The molecule has 1 aromatic carbocycles. The van der Waals surface area contributed by atoms with Crippen LogP contribution in [0.25, 0.3) is 22.2 Å². The summed E-state index contributed by atoms with van der Waals surface area (Å²) < 4.78 is 11.4. The van der Waals surface area contributed by atoms with E-state index in [2.05, 4.69) is 25.4 Å². The quantitative estimate of drug-likeness (QED) is 0.371. The highest BCUT2D eigenvalue weighted by molar-refractivity contribution is 7.18. The zero-order chi connectivity index (χ0) is 25.2. The minimum Gasteiger partial charge on any atom is -0.415 e. The number of aromatic nitrogens is 5. The first-order chi connectivity index (χ1) is 18.1. The summed E-state index contributed by atoms with van der Waals surface area (Å²) in [5.74, 6) is 2.26. The summed E-state index contributed by atoms with van der Waals surface area (Å²) in [5.41, 5.74) is 6.51. The molecule has 1 unspecified atom stereocenters. The number of nitrogens with one attached hydrogen (secondary N) is 1. The molecule has 0 bridgehead atoms. The van der Waals surface area contributed by atoms with Crippen molar-refractivity contribution >= 4 is 40.0 Å². The van der Waals surface area contributed by atoms with Gasteiger partial charge in [0.25, 0.3) is 5.89 Å². The van der Waals surface area contributed by atoms with Crippen LogP contribution in [-0.4, -0.2) is 69.9 Å². The highest BCUT2D eigenvalue weighted by Crippen LogP contribution is 2.33. The first-order valence-electron chi connectivity index (χ1n) is 12.0. The lowest BCUT2D eigenvalue weighted by Crippen LogP contribution is -2.42. The minimum absolute atomic E-state index is 0.369. The molecular formula is C24H25N9O3S. The van der Waals surface area contributed by atoms with Crippen molar-refractivity contribution in [1.29, 1.82) is 0 Å². The molecule has 0 saturated carbocycles. The van der Waals surface area contributed by atoms with Crippen LogP contribution in [0.2, 0.25) is 0 Å². The predicted octanol–water partition coefficient (Wildman–Crippen LogP) is 2.68. The molecule has 12 nitrogen and oxygen atoms in total. The Bertz CT molecular complexity index is 1390. The fourth-order valence-corrected chi connectivity index (χ4v) is 5.18. The molecule has 190 valence electrons. The molecule has 2 aliphatic heterocycles. The average molecular weight is 520 g/mol. The largest absolute Gasteiger partial charge is 0.415 e. The molecule has 1 amide bonds. The van der Waals surface area contributed by atoms with E-state index >= 15 is 0 Å². The summed E-state index contributed by atoms with van der Waals surface area (Å²) in [6.07, 6.45) is 3.23. The number of hydrogen-bond acceptors (Lipinski definition) is 12. The van der Waals surface area contributed by atoms with Crippen molar-refractivity contribution in [2.45, 2.75) is 18.9 Å². The lowest BCUT2D eigenvalue weighted by molar-refractivity contribution is -0.119. The van der Waals surface area contributed by atoms with Gasteiger partial charge in [-0.1, -0.05) is 29.5 Å². The molecule has 13 heteroatoms. The van der Waals surface area contributed by atoms with Gasteiger partial charge in [-0.2, -0.15) is 9.97 Å². The number of benzene rings is 1. The van der Waals surface area contributed by atoms with Gasteiger partial charge in [0.2, 0.25) is 17.7 Å². The SMILES string of the molecule is NC(=O)C1CCCN1c1nc(Nc2ncc(-c3nnc(-c4ccccc4)o3)s2)cc(N2CCOCC2)n1. The number of ether oxygens (including phenoxy) is 1. The van der Waals surface area contributed by atoms with Gasteiger partial charge in [0.05, 0.1) is 19.4 Å². The number of primary amides is 1. The van der Waals surface area contributed by atoms with Crippen LogP contribution in [0.15, 0.2) is 47.0 Å². The number of hydrogen-bond donors (Lipinski definition) is 2. The van der Waals surface area contributed by atoms with Gasteiger partial charge in [-0.15, -0.1) is 10.2 Å². The third-order valence-corrected chi connectivity index (χ3v) is 7.17. The van der Waals surface area contributed by atoms with Gasteiger partial charge >= 0.3 is 0 Å². The molecule has 1 atom stereocenters. The van der Waals surface area contributed by atoms with Crippen LogP contribution in [0, 0.1) is 0 Å². The Labute approximate surface area is 216 Å². The minimum atomic E-state index is -0.421. The van der Waals surface area contributed by atoms with Crippen molar-refractivity contribution in [3.63, 3.8) is 0 Å². The topological polar surface area (TPSA) is 148 Å². The van der Waals surface area contributed by atoms with E-state index in [4.69, 9.17) is 24.9 Å². The molecule has 0 radical (unpaired) electrons. The number of morpholine rings is 1. The predicted molar refractivity (Wildman–Crippen MR) is 139 cm³/mol. The first-order valence-corrected chi connectivity index (χ1v) is 12.9. The Hall–Kier alpha value is -4.10. The highest BCUT2D eigenvalue weighted by atomic mass is 32.1. The van der Waals surface area contributed by atoms with Gasteiger partial charge in [-0.05, 0) is 25.0 Å². The fraction of sp³-hybridized carbons (Fsp3) is 0.333. The van der Waals surface area contributed by atoms with E-state index in [0.717, 1.165) is 35.8 Å². The zero-order valence-electron chi connectivity index (χ0n) is 19.9. The Morgan fingerprint density at radius 3 is 2.70 bits per heavy atom. The zero-order valence-corrected chi connectivity index (χ0v) is 20.7. The Balaban J connectivity index is 1.27. The van der Waals surface area contributed by atoms with E-state index in [1.54, 1.807) is 6.20 Å². The van der Waals surface area contributed by atoms with Gasteiger partial charge in [-0.3, -0.25) is 4.79 Å². The van der Waals surface area contributed by atoms with E-state index < -0.39 is 6.04 Å². The molecule has 2 fully saturated rings. The van der Waals surface area contributed by atoms with Crippen molar-refractivity contribution in [3.8, 4) is 22.2 Å². The number of thiazole rings is 1. The monoisotopic (exact) mass is 519 g/mol. The van der Waals surface area contributed by atoms with Crippen LogP contribution in [0.4, 0.5) is 22.7 Å². The second-order valence-corrected chi connectivity index (χ2v) is 9.73. The molecule has 3 aromatic heterocycles. The van der Waals surface area contributed by atoms with Crippen molar-refractivity contribution in [3.05, 3.63) is 42.6 Å². The van der Waals surface area contributed by atoms with Gasteiger partial charge < -0.3 is 30.0 Å². The second kappa shape index (κ2) is 10.1. The van der Waals surface area contributed by atoms with Crippen LogP contribution >= 0.6 is 11.3 Å². The molecular weight excluding hydrogens is 494 g/mol. The molecule has 5 heterocycles. The van der Waals surface area contributed by atoms with Gasteiger partial charge in [0.1, 0.15) is 22.6 Å². The Kier molecular flexibility index (Phi) is 6.37. The number of rotatable bonds is 7. The van der Waals surface area contributed by atoms with E-state index in [1.165, 1.54) is 11.3 Å². The smallest absolute Gasteiger partial charge is 0.259 e. The first kappa shape index (κ1) is 23.3. The van der Waals surface area contributed by atoms with E-state index in [-0.39, 0.29) is 5.91 Å². The Morgan fingerprint density at radius 2 is 1.89 bits per heavy atom. The number of carbonyl (C=O) groups is 1. The molecule has 2 saturated heterocycles. The molecule has 0 spiro atoms. The van der Waals surface area contributed by atoms with Gasteiger partial charge in [0, 0.05) is 31.3 Å². The molecule has 2 aliphatic rings. The van der Waals surface area contributed by atoms with Crippen molar-refractivity contribution in [1.82, 2.24) is 25.1 Å². The maximum absolute atomic E-state index is 12.0. The van der Waals surface area contributed by atoms with Gasteiger partial charge in [0.15, 0.2) is 5.13 Å². The van der Waals surface area contributed by atoms with Crippen molar-refractivity contribution in [2.75, 3.05) is 48.0 Å². The van der Waals surface area contributed by atoms with Crippen LogP contribution in [0.5, 0.6) is 0 Å². The summed E-state index contributed by atoms with van der Waals surface area (Å²) in [4.78, 5) is 30.8. The average Bonchev–Trinajstić information content (AvgIpc) is 3.70. The van der Waals surface area contributed by atoms with E-state index in [0.29, 0.717) is 54.9 Å². The fourth-order valence-electron chi connectivity index (χ4n) is 4.43. The molecule has 6 rings (SSSR count). The maximum Gasteiger partial charge on any atom is 0.259 e. The highest BCUT2D eigenvalue weighted by Gasteiger charge is 2.32. The van der Waals surface area contributed by atoms with Crippen molar-refractivity contribution in [2.24, 2.45) is 5.73 Å². The summed E-state index contributed by atoms with van der Waals surface area (Å²) in [6.45, 7) is 3.36.